The smallest absolute Gasteiger partial charge is 0.339 e. The molecule has 2 rings (SSSR count). The Bertz CT molecular complexity index is 475. The molecule has 104 valence electrons. The fourth-order valence-electron chi connectivity index (χ4n) is 2.21. The summed E-state index contributed by atoms with van der Waals surface area (Å²) < 4.78 is 5.30. The van der Waals surface area contributed by atoms with E-state index in [4.69, 9.17) is 9.52 Å². The molecule has 0 spiro atoms. The zero-order valence-electron chi connectivity index (χ0n) is 10.9. The fourth-order valence-corrected chi connectivity index (χ4v) is 2.21. The molecule has 0 bridgehead atoms. The maximum Gasteiger partial charge on any atom is 0.339 e. The number of nitrogens with zero attached hydrogens (tertiary/aromatic N) is 1. The van der Waals surface area contributed by atoms with Crippen LogP contribution in [-0.2, 0) is 6.54 Å². The Hall–Kier alpha value is -1.98. The van der Waals surface area contributed by atoms with Crippen molar-refractivity contribution in [3.05, 3.63) is 23.2 Å². The van der Waals surface area contributed by atoms with Crippen LogP contribution in [0.25, 0.3) is 0 Å². The van der Waals surface area contributed by atoms with Crippen molar-refractivity contribution in [1.29, 1.82) is 0 Å². The van der Waals surface area contributed by atoms with Crippen molar-refractivity contribution in [3.63, 3.8) is 0 Å². The predicted octanol–water partition coefficient (Wildman–Crippen LogP) is 1.98. The Kier molecular flexibility index (Phi) is 4.09. The number of piperidine rings is 1. The van der Waals surface area contributed by atoms with Crippen LogP contribution in [0.2, 0.25) is 0 Å². The van der Waals surface area contributed by atoms with Gasteiger partial charge in [0.2, 0.25) is 0 Å². The average Bonchev–Trinajstić information content (AvgIpc) is 2.78. The highest BCUT2D eigenvalue weighted by atomic mass is 16.4. The van der Waals surface area contributed by atoms with Gasteiger partial charge >= 0.3 is 12.0 Å². The number of aryl methyl sites for hydroxylation is 1. The Labute approximate surface area is 111 Å². The Morgan fingerprint density at radius 1 is 1.37 bits per heavy atom. The molecule has 1 fully saturated rings. The summed E-state index contributed by atoms with van der Waals surface area (Å²) in [5, 5.41) is 11.7. The fraction of sp³-hybridized carbons (Fsp3) is 0.538. The molecule has 1 aromatic rings. The van der Waals surface area contributed by atoms with Gasteiger partial charge in [0, 0.05) is 13.1 Å². The molecule has 6 heteroatoms. The van der Waals surface area contributed by atoms with Gasteiger partial charge in [0.05, 0.1) is 6.54 Å². The van der Waals surface area contributed by atoms with Gasteiger partial charge in [-0.25, -0.2) is 9.59 Å². The highest BCUT2D eigenvalue weighted by Crippen LogP contribution is 2.15. The summed E-state index contributed by atoms with van der Waals surface area (Å²) in [6.07, 6.45) is 3.25. The van der Waals surface area contributed by atoms with Gasteiger partial charge in [0.25, 0.3) is 0 Å². The number of likely N-dealkylation sites (tertiary alicyclic amines) is 1. The number of hydrogen-bond acceptors (Lipinski definition) is 3. The second kappa shape index (κ2) is 5.77. The number of urea groups is 1. The van der Waals surface area contributed by atoms with E-state index in [2.05, 4.69) is 5.32 Å². The number of amides is 2. The summed E-state index contributed by atoms with van der Waals surface area (Å²) in [5.41, 5.74) is 0.141. The minimum absolute atomic E-state index is 0.120. The van der Waals surface area contributed by atoms with E-state index in [1.165, 1.54) is 12.5 Å². The third-order valence-electron chi connectivity index (χ3n) is 3.26. The molecule has 1 saturated heterocycles. The largest absolute Gasteiger partial charge is 0.478 e. The number of carbonyl (C=O) groups is 2. The summed E-state index contributed by atoms with van der Waals surface area (Å²) in [6.45, 7) is 3.37. The van der Waals surface area contributed by atoms with E-state index < -0.39 is 5.97 Å². The van der Waals surface area contributed by atoms with Crippen LogP contribution >= 0.6 is 0 Å². The minimum Gasteiger partial charge on any atom is -0.478 e. The molecule has 0 saturated carbocycles. The number of rotatable bonds is 3. The van der Waals surface area contributed by atoms with Crippen molar-refractivity contribution in [3.8, 4) is 0 Å². The lowest BCUT2D eigenvalue weighted by molar-refractivity contribution is 0.0695. The van der Waals surface area contributed by atoms with Gasteiger partial charge in [-0.05, 0) is 32.3 Å². The van der Waals surface area contributed by atoms with E-state index in [-0.39, 0.29) is 18.1 Å². The van der Waals surface area contributed by atoms with Crippen LogP contribution in [0.3, 0.4) is 0 Å². The summed E-state index contributed by atoms with van der Waals surface area (Å²) in [4.78, 5) is 24.5. The lowest BCUT2D eigenvalue weighted by Gasteiger charge is -2.26. The van der Waals surface area contributed by atoms with Crippen molar-refractivity contribution in [2.24, 2.45) is 0 Å². The zero-order valence-corrected chi connectivity index (χ0v) is 10.9. The number of carboxylic acid groups (broad SMARTS) is 1. The van der Waals surface area contributed by atoms with Gasteiger partial charge in [0.1, 0.15) is 17.1 Å². The van der Waals surface area contributed by atoms with Crippen LogP contribution in [-0.4, -0.2) is 35.1 Å². The first kappa shape index (κ1) is 13.5. The second-order valence-electron chi connectivity index (χ2n) is 4.69. The maximum absolute atomic E-state index is 11.9. The molecule has 1 aliphatic rings. The van der Waals surface area contributed by atoms with E-state index in [1.54, 1.807) is 11.8 Å². The summed E-state index contributed by atoms with van der Waals surface area (Å²) in [6, 6.07) is 1.33. The molecule has 2 N–H and O–H groups in total. The Morgan fingerprint density at radius 3 is 2.63 bits per heavy atom. The molecule has 6 nitrogen and oxygen atoms in total. The molecule has 2 heterocycles. The van der Waals surface area contributed by atoms with Crippen LogP contribution in [0.1, 0.15) is 41.1 Å². The highest BCUT2D eigenvalue weighted by molar-refractivity contribution is 5.88. The number of aromatic carboxylic acids is 1. The van der Waals surface area contributed by atoms with Crippen LogP contribution in [0.4, 0.5) is 4.79 Å². The quantitative estimate of drug-likeness (QED) is 0.876. The molecule has 1 aromatic heterocycles. The molecule has 0 aliphatic carbocycles. The summed E-state index contributed by atoms with van der Waals surface area (Å²) in [7, 11) is 0. The number of carboxylic acids is 1. The lowest BCUT2D eigenvalue weighted by atomic mass is 10.1. The van der Waals surface area contributed by atoms with Gasteiger partial charge < -0.3 is 19.7 Å². The normalized spacial score (nSPS) is 15.3. The average molecular weight is 266 g/mol. The molecule has 0 aromatic carbocycles. The lowest BCUT2D eigenvalue weighted by Crippen LogP contribution is -2.42. The highest BCUT2D eigenvalue weighted by Gasteiger charge is 2.18. The van der Waals surface area contributed by atoms with E-state index in [1.807, 2.05) is 0 Å². The minimum atomic E-state index is -1.02. The molecule has 19 heavy (non-hydrogen) atoms. The van der Waals surface area contributed by atoms with Crippen molar-refractivity contribution >= 4 is 12.0 Å². The first-order valence-electron chi connectivity index (χ1n) is 6.43. The van der Waals surface area contributed by atoms with Crippen molar-refractivity contribution in [2.75, 3.05) is 13.1 Å². The number of nitrogens with one attached hydrogen (secondary N) is 1. The van der Waals surface area contributed by atoms with Gasteiger partial charge in [-0.15, -0.1) is 0 Å². The van der Waals surface area contributed by atoms with E-state index >= 15 is 0 Å². The zero-order chi connectivity index (χ0) is 13.8. The molecule has 2 amide bonds. The van der Waals surface area contributed by atoms with Crippen molar-refractivity contribution in [1.82, 2.24) is 10.2 Å². The SMILES string of the molecule is Cc1oc(CNC(=O)N2CCCCC2)cc1C(=O)O. The van der Waals surface area contributed by atoms with E-state index in [9.17, 15) is 9.59 Å². The van der Waals surface area contributed by atoms with Crippen molar-refractivity contribution in [2.45, 2.75) is 32.7 Å². The predicted molar refractivity (Wildman–Crippen MR) is 68.1 cm³/mol. The molecule has 1 aliphatic heterocycles. The van der Waals surface area contributed by atoms with Gasteiger partial charge in [-0.1, -0.05) is 0 Å². The molecule has 0 radical (unpaired) electrons. The van der Waals surface area contributed by atoms with Crippen LogP contribution in [0.15, 0.2) is 10.5 Å². The Balaban J connectivity index is 1.89. The molecular formula is C13H18N2O4. The standard InChI is InChI=1S/C13H18N2O4/c1-9-11(12(16)17)7-10(19-9)8-14-13(18)15-5-3-2-4-6-15/h7H,2-6,8H2,1H3,(H,14,18)(H,16,17). The van der Waals surface area contributed by atoms with Gasteiger partial charge in [-0.2, -0.15) is 0 Å². The third-order valence-corrected chi connectivity index (χ3v) is 3.26. The third kappa shape index (κ3) is 3.27. The number of carbonyl (C=O) groups excluding carboxylic acids is 1. The molecule has 0 unspecified atom stereocenters. The molecular weight excluding hydrogens is 248 g/mol. The topological polar surface area (TPSA) is 82.8 Å². The first-order chi connectivity index (χ1) is 9.08. The molecule has 0 atom stereocenters. The first-order valence-corrected chi connectivity index (χ1v) is 6.43. The monoisotopic (exact) mass is 266 g/mol. The van der Waals surface area contributed by atoms with Crippen LogP contribution in [0.5, 0.6) is 0 Å². The van der Waals surface area contributed by atoms with E-state index in [0.717, 1.165) is 25.9 Å². The van der Waals surface area contributed by atoms with Crippen LogP contribution in [0, 0.1) is 6.92 Å². The number of hydrogen-bond donors (Lipinski definition) is 2. The summed E-state index contributed by atoms with van der Waals surface area (Å²) >= 11 is 0. The second-order valence-corrected chi connectivity index (χ2v) is 4.69. The maximum atomic E-state index is 11.9. The van der Waals surface area contributed by atoms with Gasteiger partial charge in [0.15, 0.2) is 0 Å². The Morgan fingerprint density at radius 2 is 2.05 bits per heavy atom. The van der Waals surface area contributed by atoms with Crippen LogP contribution < -0.4 is 5.32 Å². The summed E-state index contributed by atoms with van der Waals surface area (Å²) in [5.74, 6) is -0.204. The van der Waals surface area contributed by atoms with E-state index in [0.29, 0.717) is 11.5 Å². The number of furan rings is 1. The van der Waals surface area contributed by atoms with Gasteiger partial charge in [-0.3, -0.25) is 0 Å². The van der Waals surface area contributed by atoms with Crippen molar-refractivity contribution < 1.29 is 19.1 Å².